The van der Waals surface area contributed by atoms with E-state index < -0.39 is 0 Å². The van der Waals surface area contributed by atoms with E-state index in [1.54, 1.807) is 44.6 Å². The summed E-state index contributed by atoms with van der Waals surface area (Å²) in [5.74, 6) is 1.28. The molecular weight excluding hydrogens is 242 g/mol. The van der Waals surface area contributed by atoms with E-state index in [-0.39, 0.29) is 0 Å². The Kier molecular flexibility index (Phi) is 4.03. The first-order valence-corrected chi connectivity index (χ1v) is 5.83. The molecule has 0 unspecified atom stereocenters. The third-order valence-corrected chi connectivity index (χ3v) is 2.71. The maximum absolute atomic E-state index is 12.0. The first-order valence-electron chi connectivity index (χ1n) is 5.83. The van der Waals surface area contributed by atoms with Crippen molar-refractivity contribution < 1.29 is 14.2 Å². The zero-order valence-corrected chi connectivity index (χ0v) is 10.9. The topological polar surface area (TPSA) is 44.5 Å². The zero-order valence-electron chi connectivity index (χ0n) is 10.9. The summed E-state index contributed by atoms with van der Waals surface area (Å²) in [4.78, 5) is 0. The molecule has 0 aromatic heterocycles. The van der Waals surface area contributed by atoms with Crippen molar-refractivity contribution in [3.63, 3.8) is 0 Å². The molecular formula is C15H15NO3. The molecule has 0 fully saturated rings. The fourth-order valence-corrected chi connectivity index (χ4v) is 1.70. The summed E-state index contributed by atoms with van der Waals surface area (Å²) < 4.78 is 11.2. The van der Waals surface area contributed by atoms with Crippen LogP contribution in [0.15, 0.2) is 48.5 Å². The first kappa shape index (κ1) is 13.0. The molecule has 2 rings (SSSR count). The Morgan fingerprint density at radius 2 is 1.74 bits per heavy atom. The molecule has 0 saturated carbocycles. The van der Waals surface area contributed by atoms with Crippen LogP contribution in [0.1, 0.15) is 5.56 Å². The SMILES string of the molecule is COc1ccc(C=[N+]([O-])c2ccccc2)c(OC)c1. The lowest BCUT2D eigenvalue weighted by Gasteiger charge is -2.07. The quantitative estimate of drug-likeness (QED) is 0.366. The van der Waals surface area contributed by atoms with Crippen LogP contribution in [0, 0.1) is 5.21 Å². The van der Waals surface area contributed by atoms with Crippen molar-refractivity contribution >= 4 is 11.9 Å². The van der Waals surface area contributed by atoms with Crippen LogP contribution in [0.2, 0.25) is 0 Å². The van der Waals surface area contributed by atoms with Gasteiger partial charge in [-0.25, -0.2) is 0 Å². The molecule has 0 aliphatic heterocycles. The molecule has 0 N–H and O–H groups in total. The smallest absolute Gasteiger partial charge is 0.216 e. The van der Waals surface area contributed by atoms with Gasteiger partial charge in [0.1, 0.15) is 11.5 Å². The first-order chi connectivity index (χ1) is 9.24. The number of methoxy groups -OCH3 is 2. The maximum Gasteiger partial charge on any atom is 0.216 e. The highest BCUT2D eigenvalue weighted by molar-refractivity contribution is 5.81. The molecule has 2 aromatic carbocycles. The monoisotopic (exact) mass is 257 g/mol. The summed E-state index contributed by atoms with van der Waals surface area (Å²) in [5.41, 5.74) is 1.27. The normalized spacial score (nSPS) is 11.2. The van der Waals surface area contributed by atoms with Gasteiger partial charge in [0.25, 0.3) is 0 Å². The van der Waals surface area contributed by atoms with E-state index in [0.717, 1.165) is 4.74 Å². The van der Waals surface area contributed by atoms with E-state index in [1.165, 1.54) is 6.21 Å². The Hall–Kier alpha value is -2.49. The predicted molar refractivity (Wildman–Crippen MR) is 74.4 cm³/mol. The van der Waals surface area contributed by atoms with Gasteiger partial charge in [-0.2, -0.15) is 4.74 Å². The molecule has 0 atom stereocenters. The number of rotatable bonds is 4. The summed E-state index contributed by atoms with van der Waals surface area (Å²) in [5, 5.41) is 12.0. The number of para-hydroxylation sites is 1. The lowest BCUT2D eigenvalue weighted by atomic mass is 10.2. The van der Waals surface area contributed by atoms with Gasteiger partial charge in [-0.1, -0.05) is 18.2 Å². The van der Waals surface area contributed by atoms with Gasteiger partial charge in [0.15, 0.2) is 6.21 Å². The van der Waals surface area contributed by atoms with Crippen LogP contribution in [-0.2, 0) is 0 Å². The summed E-state index contributed by atoms with van der Waals surface area (Å²) in [6.45, 7) is 0. The lowest BCUT2D eigenvalue weighted by Crippen LogP contribution is -2.01. The van der Waals surface area contributed by atoms with Crippen LogP contribution < -0.4 is 9.47 Å². The Morgan fingerprint density at radius 1 is 1.00 bits per heavy atom. The van der Waals surface area contributed by atoms with Crippen molar-refractivity contribution in [1.29, 1.82) is 0 Å². The highest BCUT2D eigenvalue weighted by atomic mass is 16.5. The van der Waals surface area contributed by atoms with Crippen molar-refractivity contribution in [2.45, 2.75) is 0 Å². The highest BCUT2D eigenvalue weighted by Crippen LogP contribution is 2.23. The minimum atomic E-state index is 0.570. The average molecular weight is 257 g/mol. The third kappa shape index (κ3) is 3.04. The second-order valence-corrected chi connectivity index (χ2v) is 3.90. The van der Waals surface area contributed by atoms with Gasteiger partial charge < -0.3 is 14.7 Å². The number of hydrogen-bond acceptors (Lipinski definition) is 3. The van der Waals surface area contributed by atoms with Crippen LogP contribution in [0.25, 0.3) is 0 Å². The minimum absolute atomic E-state index is 0.570. The fourth-order valence-electron chi connectivity index (χ4n) is 1.70. The molecule has 0 aliphatic carbocycles. The molecule has 0 heterocycles. The number of benzene rings is 2. The van der Waals surface area contributed by atoms with Crippen molar-refractivity contribution in [2.24, 2.45) is 0 Å². The summed E-state index contributed by atoms with van der Waals surface area (Å²) in [6.07, 6.45) is 1.48. The van der Waals surface area contributed by atoms with Crippen molar-refractivity contribution in [2.75, 3.05) is 14.2 Å². The molecule has 4 nitrogen and oxygen atoms in total. The van der Waals surface area contributed by atoms with Crippen LogP contribution in [0.5, 0.6) is 11.5 Å². The molecule has 19 heavy (non-hydrogen) atoms. The van der Waals surface area contributed by atoms with Gasteiger partial charge in [0, 0.05) is 18.2 Å². The summed E-state index contributed by atoms with van der Waals surface area (Å²) in [6, 6.07) is 14.3. The molecule has 0 aliphatic rings. The van der Waals surface area contributed by atoms with E-state index in [4.69, 9.17) is 9.47 Å². The van der Waals surface area contributed by atoms with Gasteiger partial charge in [-0.3, -0.25) is 0 Å². The Morgan fingerprint density at radius 3 is 2.37 bits per heavy atom. The Bertz CT molecular complexity index is 579. The molecule has 98 valence electrons. The van der Waals surface area contributed by atoms with Crippen molar-refractivity contribution in [1.82, 2.24) is 0 Å². The molecule has 0 bridgehead atoms. The van der Waals surface area contributed by atoms with Crippen LogP contribution in [0.3, 0.4) is 0 Å². The lowest BCUT2D eigenvalue weighted by molar-refractivity contribution is -0.354. The van der Waals surface area contributed by atoms with Crippen molar-refractivity contribution in [3.05, 3.63) is 59.3 Å². The molecule has 0 amide bonds. The van der Waals surface area contributed by atoms with Gasteiger partial charge in [0.05, 0.1) is 19.8 Å². The van der Waals surface area contributed by atoms with E-state index >= 15 is 0 Å². The molecule has 4 heteroatoms. The molecule has 0 radical (unpaired) electrons. The van der Waals surface area contributed by atoms with Crippen LogP contribution >= 0.6 is 0 Å². The second-order valence-electron chi connectivity index (χ2n) is 3.90. The zero-order chi connectivity index (χ0) is 13.7. The third-order valence-electron chi connectivity index (χ3n) is 2.71. The largest absolute Gasteiger partial charge is 0.618 e. The predicted octanol–water partition coefficient (Wildman–Crippen LogP) is 2.96. The Balaban J connectivity index is 2.37. The minimum Gasteiger partial charge on any atom is -0.618 e. The maximum atomic E-state index is 12.0. The van der Waals surface area contributed by atoms with Gasteiger partial charge in [-0.15, -0.1) is 0 Å². The van der Waals surface area contributed by atoms with Gasteiger partial charge in [0.2, 0.25) is 5.69 Å². The van der Waals surface area contributed by atoms with Crippen molar-refractivity contribution in [3.8, 4) is 11.5 Å². The molecule has 0 spiro atoms. The molecule has 0 saturated heterocycles. The Labute approximate surface area is 112 Å². The number of hydrogen-bond donors (Lipinski definition) is 0. The van der Waals surface area contributed by atoms with Gasteiger partial charge >= 0.3 is 0 Å². The standard InChI is InChI=1S/C15H15NO3/c1-18-14-9-8-12(15(10-14)19-2)11-16(17)13-6-4-3-5-7-13/h3-11H,1-2H3. The average Bonchev–Trinajstić information content (AvgIpc) is 2.48. The summed E-state index contributed by atoms with van der Waals surface area (Å²) in [7, 11) is 3.14. The number of nitrogens with zero attached hydrogens (tertiary/aromatic N) is 1. The highest BCUT2D eigenvalue weighted by Gasteiger charge is 2.07. The fraction of sp³-hybridized carbons (Fsp3) is 0.133. The second kappa shape index (κ2) is 5.91. The van der Waals surface area contributed by atoms with Gasteiger partial charge in [-0.05, 0) is 12.1 Å². The van der Waals surface area contributed by atoms with E-state index in [2.05, 4.69) is 0 Å². The van der Waals surface area contributed by atoms with E-state index in [9.17, 15) is 5.21 Å². The van der Waals surface area contributed by atoms with E-state index in [0.29, 0.717) is 22.7 Å². The molecule has 2 aromatic rings. The summed E-state index contributed by atoms with van der Waals surface area (Å²) >= 11 is 0. The van der Waals surface area contributed by atoms with E-state index in [1.807, 2.05) is 18.2 Å². The van der Waals surface area contributed by atoms with Crippen LogP contribution in [0.4, 0.5) is 5.69 Å². The number of ether oxygens (including phenoxy) is 2. The van der Waals surface area contributed by atoms with Crippen LogP contribution in [-0.4, -0.2) is 25.2 Å².